The fourth-order valence-electron chi connectivity index (χ4n) is 1.19. The molecule has 3 N–H and O–H groups in total. The largest absolute Gasteiger partial charge is 0.330 e. The van der Waals surface area contributed by atoms with Crippen LogP contribution >= 0.6 is 0 Å². The van der Waals surface area contributed by atoms with Crippen LogP contribution in [0.25, 0.3) is 0 Å². The van der Waals surface area contributed by atoms with Crippen LogP contribution in [-0.2, 0) is 11.8 Å². The maximum atomic E-state index is 11.6. The number of nitrogens with zero attached hydrogens (tertiary/aromatic N) is 2. The second kappa shape index (κ2) is 4.76. The van der Waals surface area contributed by atoms with E-state index < -0.39 is 0 Å². The molecule has 0 aliphatic heterocycles. The molecular formula is C9H16N4O. The number of carbonyl (C=O) groups excluding carboxylic acids is 1. The lowest BCUT2D eigenvalue weighted by Crippen LogP contribution is -2.28. The highest BCUT2D eigenvalue weighted by Gasteiger charge is 2.14. The number of aromatic nitrogens is 2. The smallest absolute Gasteiger partial charge is 0.228 e. The number of nitrogens with one attached hydrogen (secondary N) is 1. The third-order valence-corrected chi connectivity index (χ3v) is 2.12. The first-order valence-corrected chi connectivity index (χ1v) is 4.67. The van der Waals surface area contributed by atoms with Crippen LogP contribution in [0.2, 0.25) is 0 Å². The molecule has 0 saturated heterocycles. The van der Waals surface area contributed by atoms with Crippen molar-refractivity contribution >= 4 is 11.6 Å². The lowest BCUT2D eigenvalue weighted by Gasteiger charge is -2.10. The van der Waals surface area contributed by atoms with Gasteiger partial charge >= 0.3 is 0 Å². The third-order valence-electron chi connectivity index (χ3n) is 2.12. The molecule has 1 amide bonds. The molecule has 1 aromatic heterocycles. The number of carbonyl (C=O) groups is 1. The van der Waals surface area contributed by atoms with Crippen molar-refractivity contribution in [1.29, 1.82) is 0 Å². The van der Waals surface area contributed by atoms with Gasteiger partial charge in [-0.15, -0.1) is 0 Å². The zero-order chi connectivity index (χ0) is 10.6. The second-order valence-electron chi connectivity index (χ2n) is 3.23. The summed E-state index contributed by atoms with van der Waals surface area (Å²) in [5.41, 5.74) is 6.17. The highest BCUT2D eigenvalue weighted by Crippen LogP contribution is 2.08. The van der Waals surface area contributed by atoms with Crippen molar-refractivity contribution in [2.45, 2.75) is 13.3 Å². The average Bonchev–Trinajstić information content (AvgIpc) is 2.53. The molecule has 5 heteroatoms. The first kappa shape index (κ1) is 10.7. The molecule has 1 atom stereocenters. The molecule has 1 rings (SSSR count). The fourth-order valence-corrected chi connectivity index (χ4v) is 1.19. The van der Waals surface area contributed by atoms with Crippen LogP contribution in [0.3, 0.4) is 0 Å². The SMILES string of the molecule is CCC(CN)C(=O)Nc1cnn(C)c1. The Labute approximate surface area is 83.3 Å². The number of hydrogen-bond donors (Lipinski definition) is 2. The predicted octanol–water partition coefficient (Wildman–Crippen LogP) is 0.343. The molecule has 5 nitrogen and oxygen atoms in total. The van der Waals surface area contributed by atoms with Gasteiger partial charge < -0.3 is 11.1 Å². The summed E-state index contributed by atoms with van der Waals surface area (Å²) in [5, 5.41) is 6.71. The molecule has 0 bridgehead atoms. The van der Waals surface area contributed by atoms with E-state index >= 15 is 0 Å². The van der Waals surface area contributed by atoms with Crippen LogP contribution < -0.4 is 11.1 Å². The van der Waals surface area contributed by atoms with Crippen LogP contribution in [0, 0.1) is 5.92 Å². The zero-order valence-electron chi connectivity index (χ0n) is 8.53. The summed E-state index contributed by atoms with van der Waals surface area (Å²) < 4.78 is 1.64. The fraction of sp³-hybridized carbons (Fsp3) is 0.556. The lowest BCUT2D eigenvalue weighted by molar-refractivity contribution is -0.119. The van der Waals surface area contributed by atoms with Crippen LogP contribution in [0.1, 0.15) is 13.3 Å². The minimum atomic E-state index is -0.116. The highest BCUT2D eigenvalue weighted by atomic mass is 16.1. The topological polar surface area (TPSA) is 72.9 Å². The summed E-state index contributed by atoms with van der Waals surface area (Å²) in [6.45, 7) is 2.32. The summed E-state index contributed by atoms with van der Waals surface area (Å²) >= 11 is 0. The number of hydrogen-bond acceptors (Lipinski definition) is 3. The van der Waals surface area contributed by atoms with Crippen molar-refractivity contribution in [2.24, 2.45) is 18.7 Å². The summed E-state index contributed by atoms with van der Waals surface area (Å²) in [7, 11) is 1.80. The van der Waals surface area contributed by atoms with Gasteiger partial charge in [-0.05, 0) is 6.42 Å². The van der Waals surface area contributed by atoms with Gasteiger partial charge in [-0.2, -0.15) is 5.10 Å². The first-order valence-electron chi connectivity index (χ1n) is 4.67. The molecular weight excluding hydrogens is 180 g/mol. The normalized spacial score (nSPS) is 12.5. The monoisotopic (exact) mass is 196 g/mol. The Bertz CT molecular complexity index is 304. The van der Waals surface area contributed by atoms with E-state index in [9.17, 15) is 4.79 Å². The highest BCUT2D eigenvalue weighted by molar-refractivity contribution is 5.92. The van der Waals surface area contributed by atoms with Gasteiger partial charge in [-0.25, -0.2) is 0 Å². The molecule has 0 saturated carbocycles. The van der Waals surface area contributed by atoms with E-state index in [1.807, 2.05) is 6.92 Å². The molecule has 0 aliphatic rings. The molecule has 0 aromatic carbocycles. The van der Waals surface area contributed by atoms with Crippen molar-refractivity contribution in [2.75, 3.05) is 11.9 Å². The van der Waals surface area contributed by atoms with Crippen molar-refractivity contribution in [3.05, 3.63) is 12.4 Å². The van der Waals surface area contributed by atoms with Gasteiger partial charge in [0.25, 0.3) is 0 Å². The Morgan fingerprint density at radius 3 is 2.93 bits per heavy atom. The minimum Gasteiger partial charge on any atom is -0.330 e. The Morgan fingerprint density at radius 1 is 1.79 bits per heavy atom. The van der Waals surface area contributed by atoms with E-state index in [1.54, 1.807) is 24.1 Å². The average molecular weight is 196 g/mol. The van der Waals surface area contributed by atoms with E-state index in [1.165, 1.54) is 0 Å². The Morgan fingerprint density at radius 2 is 2.50 bits per heavy atom. The van der Waals surface area contributed by atoms with Gasteiger partial charge in [-0.3, -0.25) is 9.48 Å². The standard InChI is InChI=1S/C9H16N4O/c1-3-7(4-10)9(14)12-8-5-11-13(2)6-8/h5-7H,3-4,10H2,1-2H3,(H,12,14). The Kier molecular flexibility index (Phi) is 3.64. The Balaban J connectivity index is 2.56. The van der Waals surface area contributed by atoms with E-state index in [2.05, 4.69) is 10.4 Å². The molecule has 0 radical (unpaired) electrons. The van der Waals surface area contributed by atoms with Crippen molar-refractivity contribution < 1.29 is 4.79 Å². The Hall–Kier alpha value is -1.36. The first-order chi connectivity index (χ1) is 6.67. The molecule has 1 unspecified atom stereocenters. The van der Waals surface area contributed by atoms with Gasteiger partial charge in [-0.1, -0.05) is 6.92 Å². The number of anilines is 1. The van der Waals surface area contributed by atoms with Gasteiger partial charge in [0.15, 0.2) is 0 Å². The minimum absolute atomic E-state index is 0.0389. The summed E-state index contributed by atoms with van der Waals surface area (Å²) in [6.07, 6.45) is 4.12. The van der Waals surface area contributed by atoms with Crippen molar-refractivity contribution in [3.63, 3.8) is 0 Å². The van der Waals surface area contributed by atoms with Crippen LogP contribution in [-0.4, -0.2) is 22.2 Å². The van der Waals surface area contributed by atoms with E-state index in [0.29, 0.717) is 12.2 Å². The lowest BCUT2D eigenvalue weighted by atomic mass is 10.1. The molecule has 0 aliphatic carbocycles. The zero-order valence-corrected chi connectivity index (χ0v) is 8.53. The second-order valence-corrected chi connectivity index (χ2v) is 3.23. The number of aryl methyl sites for hydroxylation is 1. The maximum Gasteiger partial charge on any atom is 0.228 e. The van der Waals surface area contributed by atoms with Crippen LogP contribution in [0.5, 0.6) is 0 Å². The molecule has 14 heavy (non-hydrogen) atoms. The molecule has 0 spiro atoms. The maximum absolute atomic E-state index is 11.6. The van der Waals surface area contributed by atoms with Crippen molar-refractivity contribution in [1.82, 2.24) is 9.78 Å². The van der Waals surface area contributed by atoms with E-state index in [-0.39, 0.29) is 11.8 Å². The quantitative estimate of drug-likeness (QED) is 0.729. The molecule has 0 fully saturated rings. The van der Waals surface area contributed by atoms with Crippen molar-refractivity contribution in [3.8, 4) is 0 Å². The number of rotatable bonds is 4. The number of nitrogens with two attached hydrogens (primary N) is 1. The summed E-state index contributed by atoms with van der Waals surface area (Å²) in [6, 6.07) is 0. The molecule has 78 valence electrons. The molecule has 1 heterocycles. The van der Waals surface area contributed by atoms with E-state index in [4.69, 9.17) is 5.73 Å². The molecule has 1 aromatic rings. The van der Waals surface area contributed by atoms with Gasteiger partial charge in [0.2, 0.25) is 5.91 Å². The van der Waals surface area contributed by atoms with E-state index in [0.717, 1.165) is 6.42 Å². The summed E-state index contributed by atoms with van der Waals surface area (Å²) in [4.78, 5) is 11.6. The summed E-state index contributed by atoms with van der Waals surface area (Å²) in [5.74, 6) is -0.154. The van der Waals surface area contributed by atoms with Gasteiger partial charge in [0.1, 0.15) is 0 Å². The number of amides is 1. The van der Waals surface area contributed by atoms with Crippen LogP contribution in [0.15, 0.2) is 12.4 Å². The predicted molar refractivity (Wildman–Crippen MR) is 54.7 cm³/mol. The van der Waals surface area contributed by atoms with Crippen LogP contribution in [0.4, 0.5) is 5.69 Å². The third kappa shape index (κ3) is 2.56. The van der Waals surface area contributed by atoms with Gasteiger partial charge in [0, 0.05) is 19.8 Å². The van der Waals surface area contributed by atoms with Gasteiger partial charge in [0.05, 0.1) is 17.8 Å².